The van der Waals surface area contributed by atoms with Crippen LogP contribution < -0.4 is 5.32 Å². The normalized spacial score (nSPS) is 10.7. The summed E-state index contributed by atoms with van der Waals surface area (Å²) >= 11 is 5.00. The molecule has 0 amide bonds. The second kappa shape index (κ2) is 6.92. The summed E-state index contributed by atoms with van der Waals surface area (Å²) < 4.78 is 0.836. The lowest BCUT2D eigenvalue weighted by atomic mass is 10.2. The molecule has 1 heterocycles. The van der Waals surface area contributed by atoms with Crippen LogP contribution >= 0.6 is 27.3 Å². The van der Waals surface area contributed by atoms with E-state index in [-0.39, 0.29) is 10.6 Å². The number of nitro groups is 1. The van der Waals surface area contributed by atoms with Crippen LogP contribution in [0.25, 0.3) is 0 Å². The van der Waals surface area contributed by atoms with Crippen LogP contribution in [-0.4, -0.2) is 9.91 Å². The molecule has 20 heavy (non-hydrogen) atoms. The molecule has 0 bridgehead atoms. The van der Waals surface area contributed by atoms with Crippen LogP contribution in [0.3, 0.4) is 0 Å². The zero-order valence-electron chi connectivity index (χ0n) is 10.9. The molecule has 0 atom stereocenters. The van der Waals surface area contributed by atoms with Crippen molar-refractivity contribution < 1.29 is 4.92 Å². The van der Waals surface area contributed by atoms with E-state index in [1.165, 1.54) is 10.9 Å². The molecule has 1 N–H and O–H groups in total. The number of hydrogen-bond acceptors (Lipinski definition) is 5. The van der Waals surface area contributed by atoms with Gasteiger partial charge in [0.25, 0.3) is 5.69 Å². The number of aromatic nitrogens is 1. The predicted molar refractivity (Wildman–Crippen MR) is 82.8 cm³/mol. The van der Waals surface area contributed by atoms with Crippen molar-refractivity contribution in [2.24, 2.45) is 0 Å². The molecule has 0 saturated heterocycles. The Morgan fingerprint density at radius 1 is 1.45 bits per heavy atom. The predicted octanol–water partition coefficient (Wildman–Crippen LogP) is 3.67. The highest BCUT2D eigenvalue weighted by atomic mass is 79.9. The summed E-state index contributed by atoms with van der Waals surface area (Å²) in [5, 5.41) is 15.2. The Morgan fingerprint density at radius 2 is 2.25 bits per heavy atom. The Balaban J connectivity index is 2.00. The van der Waals surface area contributed by atoms with Crippen LogP contribution in [0.15, 0.2) is 28.9 Å². The number of rotatable bonds is 6. The monoisotopic (exact) mass is 355 g/mol. The Bertz CT molecular complexity index is 615. The van der Waals surface area contributed by atoms with E-state index in [1.807, 2.05) is 6.20 Å². The number of thiazole rings is 1. The van der Waals surface area contributed by atoms with Crippen molar-refractivity contribution in [3.8, 4) is 0 Å². The van der Waals surface area contributed by atoms with Gasteiger partial charge in [0, 0.05) is 40.3 Å². The van der Waals surface area contributed by atoms with Gasteiger partial charge in [-0.2, -0.15) is 0 Å². The van der Waals surface area contributed by atoms with Crippen LogP contribution in [0.2, 0.25) is 0 Å². The molecular weight excluding hydrogens is 342 g/mol. The van der Waals surface area contributed by atoms with Gasteiger partial charge in [0.05, 0.1) is 4.92 Å². The van der Waals surface area contributed by atoms with Crippen molar-refractivity contribution in [3.63, 3.8) is 0 Å². The molecule has 0 aliphatic carbocycles. The molecule has 5 nitrogen and oxygen atoms in total. The standard InChI is InChI=1S/C13H14BrN3O2S/c1-2-11-7-16-13(20-11)8-15-6-9-5-10(14)3-4-12(9)17(18)19/h3-5,7,15H,2,6,8H2,1H3. The summed E-state index contributed by atoms with van der Waals surface area (Å²) in [7, 11) is 0. The molecule has 0 aliphatic heterocycles. The summed E-state index contributed by atoms with van der Waals surface area (Å²) in [6, 6.07) is 4.96. The van der Waals surface area contributed by atoms with E-state index < -0.39 is 0 Å². The van der Waals surface area contributed by atoms with Gasteiger partial charge in [-0.1, -0.05) is 22.9 Å². The summed E-state index contributed by atoms with van der Waals surface area (Å²) in [5.74, 6) is 0. The smallest absolute Gasteiger partial charge is 0.273 e. The maximum atomic E-state index is 11.0. The van der Waals surface area contributed by atoms with E-state index in [0.29, 0.717) is 18.7 Å². The fraction of sp³-hybridized carbons (Fsp3) is 0.308. The summed E-state index contributed by atoms with van der Waals surface area (Å²) in [6.07, 6.45) is 2.86. The molecule has 2 rings (SSSR count). The molecule has 0 spiro atoms. The van der Waals surface area contributed by atoms with Crippen molar-refractivity contribution in [2.45, 2.75) is 26.4 Å². The van der Waals surface area contributed by atoms with Crippen molar-refractivity contribution in [1.82, 2.24) is 10.3 Å². The van der Waals surface area contributed by atoms with Crippen molar-refractivity contribution in [3.05, 3.63) is 54.4 Å². The van der Waals surface area contributed by atoms with Gasteiger partial charge >= 0.3 is 0 Å². The quantitative estimate of drug-likeness (QED) is 0.634. The Hall–Kier alpha value is -1.31. The molecule has 0 fully saturated rings. The first kappa shape index (κ1) is 15.1. The number of nitrogens with one attached hydrogen (secondary N) is 1. The SMILES string of the molecule is CCc1cnc(CNCc2cc(Br)ccc2[N+](=O)[O-])s1. The van der Waals surface area contributed by atoms with Crippen LogP contribution in [0, 0.1) is 10.1 Å². The Kier molecular flexibility index (Phi) is 5.22. The molecule has 106 valence electrons. The highest BCUT2D eigenvalue weighted by Gasteiger charge is 2.13. The van der Waals surface area contributed by atoms with E-state index in [1.54, 1.807) is 23.5 Å². The fourth-order valence-electron chi connectivity index (χ4n) is 1.77. The fourth-order valence-corrected chi connectivity index (χ4v) is 3.01. The molecule has 0 unspecified atom stereocenters. The van der Waals surface area contributed by atoms with E-state index in [2.05, 4.69) is 33.2 Å². The zero-order valence-corrected chi connectivity index (χ0v) is 13.3. The van der Waals surface area contributed by atoms with Gasteiger partial charge in [-0.3, -0.25) is 10.1 Å². The number of hydrogen-bond donors (Lipinski definition) is 1. The average Bonchev–Trinajstić information content (AvgIpc) is 2.86. The van der Waals surface area contributed by atoms with Gasteiger partial charge in [0.1, 0.15) is 5.01 Å². The Labute approximate surface area is 129 Å². The van der Waals surface area contributed by atoms with Crippen LogP contribution in [0.4, 0.5) is 5.69 Å². The molecule has 7 heteroatoms. The number of nitrogens with zero attached hydrogens (tertiary/aromatic N) is 2. The first-order valence-corrected chi connectivity index (χ1v) is 7.78. The number of aryl methyl sites for hydroxylation is 1. The van der Waals surface area contributed by atoms with Crippen LogP contribution in [-0.2, 0) is 19.5 Å². The van der Waals surface area contributed by atoms with E-state index >= 15 is 0 Å². The zero-order chi connectivity index (χ0) is 14.5. The Morgan fingerprint density at radius 3 is 2.90 bits per heavy atom. The molecule has 2 aromatic rings. The molecular formula is C13H14BrN3O2S. The van der Waals surface area contributed by atoms with E-state index in [0.717, 1.165) is 15.9 Å². The maximum absolute atomic E-state index is 11.0. The highest BCUT2D eigenvalue weighted by molar-refractivity contribution is 9.10. The van der Waals surface area contributed by atoms with Gasteiger partial charge in [-0.05, 0) is 18.6 Å². The molecule has 0 radical (unpaired) electrons. The summed E-state index contributed by atoms with van der Waals surface area (Å²) in [4.78, 5) is 16.2. The summed E-state index contributed by atoms with van der Waals surface area (Å²) in [5.41, 5.74) is 0.797. The van der Waals surface area contributed by atoms with Gasteiger partial charge in [-0.15, -0.1) is 11.3 Å². The van der Waals surface area contributed by atoms with E-state index in [4.69, 9.17) is 0 Å². The third-order valence-electron chi connectivity index (χ3n) is 2.78. The number of benzene rings is 1. The minimum absolute atomic E-state index is 0.133. The third kappa shape index (κ3) is 3.84. The number of halogens is 1. The topological polar surface area (TPSA) is 68.1 Å². The summed E-state index contributed by atoms with van der Waals surface area (Å²) in [6.45, 7) is 3.15. The lowest BCUT2D eigenvalue weighted by molar-refractivity contribution is -0.385. The number of nitro benzene ring substituents is 1. The molecule has 1 aromatic carbocycles. The molecule has 0 aliphatic rings. The largest absolute Gasteiger partial charge is 0.306 e. The van der Waals surface area contributed by atoms with E-state index in [9.17, 15) is 10.1 Å². The van der Waals surface area contributed by atoms with Gasteiger partial charge in [0.15, 0.2) is 0 Å². The minimum Gasteiger partial charge on any atom is -0.306 e. The van der Waals surface area contributed by atoms with Crippen molar-refractivity contribution in [2.75, 3.05) is 0 Å². The molecule has 0 saturated carbocycles. The first-order valence-electron chi connectivity index (χ1n) is 6.17. The van der Waals surface area contributed by atoms with Gasteiger partial charge in [-0.25, -0.2) is 4.98 Å². The van der Waals surface area contributed by atoms with Crippen molar-refractivity contribution >= 4 is 33.0 Å². The van der Waals surface area contributed by atoms with Crippen molar-refractivity contribution in [1.29, 1.82) is 0 Å². The lowest BCUT2D eigenvalue weighted by Crippen LogP contribution is -2.13. The molecule has 1 aromatic heterocycles. The average molecular weight is 356 g/mol. The second-order valence-electron chi connectivity index (χ2n) is 4.21. The third-order valence-corrected chi connectivity index (χ3v) is 4.41. The lowest BCUT2D eigenvalue weighted by Gasteiger charge is -2.05. The first-order chi connectivity index (χ1) is 9.60. The van der Waals surface area contributed by atoms with Gasteiger partial charge in [0.2, 0.25) is 0 Å². The second-order valence-corrected chi connectivity index (χ2v) is 6.32. The highest BCUT2D eigenvalue weighted by Crippen LogP contribution is 2.23. The minimum atomic E-state index is -0.359. The maximum Gasteiger partial charge on any atom is 0.273 e. The van der Waals surface area contributed by atoms with Crippen LogP contribution in [0.5, 0.6) is 0 Å². The van der Waals surface area contributed by atoms with Crippen LogP contribution in [0.1, 0.15) is 22.4 Å². The van der Waals surface area contributed by atoms with Gasteiger partial charge < -0.3 is 5.32 Å².